The van der Waals surface area contributed by atoms with E-state index in [1.54, 1.807) is 0 Å². The zero-order chi connectivity index (χ0) is 23.6. The van der Waals surface area contributed by atoms with E-state index in [4.69, 9.17) is 4.74 Å². The van der Waals surface area contributed by atoms with Crippen LogP contribution in [0.15, 0.2) is 47.9 Å². The van der Waals surface area contributed by atoms with Gasteiger partial charge in [-0.2, -0.15) is 0 Å². The molecule has 0 aromatic rings. The van der Waals surface area contributed by atoms with E-state index in [-0.39, 0.29) is 17.8 Å². The SMILES string of the molecule is C=C(CCC(=O)O/C(=C(/C=C\C=C/C)C(C)C)C(C)C)NCCNCCN(CC)CC. The number of ether oxygens (including phenoxy) is 1. The van der Waals surface area contributed by atoms with Gasteiger partial charge in [0, 0.05) is 37.8 Å². The third kappa shape index (κ3) is 13.9. The first-order valence-electron chi connectivity index (χ1n) is 11.8. The van der Waals surface area contributed by atoms with Gasteiger partial charge in [0.1, 0.15) is 5.76 Å². The van der Waals surface area contributed by atoms with Crippen molar-refractivity contribution in [3.8, 4) is 0 Å². The van der Waals surface area contributed by atoms with Gasteiger partial charge in [-0.25, -0.2) is 0 Å². The van der Waals surface area contributed by atoms with E-state index in [1.165, 1.54) is 0 Å². The van der Waals surface area contributed by atoms with Crippen molar-refractivity contribution in [3.05, 3.63) is 47.9 Å². The summed E-state index contributed by atoms with van der Waals surface area (Å²) in [5.74, 6) is 0.969. The molecule has 5 heteroatoms. The largest absolute Gasteiger partial charge is 0.430 e. The molecule has 0 aromatic carbocycles. The molecule has 0 saturated carbocycles. The fourth-order valence-electron chi connectivity index (χ4n) is 3.08. The molecule has 0 unspecified atom stereocenters. The van der Waals surface area contributed by atoms with Crippen molar-refractivity contribution in [2.45, 2.75) is 61.3 Å². The Hall–Kier alpha value is -1.85. The number of nitrogens with one attached hydrogen (secondary N) is 2. The molecule has 0 rings (SSSR count). The summed E-state index contributed by atoms with van der Waals surface area (Å²) >= 11 is 0. The van der Waals surface area contributed by atoms with Crippen molar-refractivity contribution in [1.29, 1.82) is 0 Å². The quantitative estimate of drug-likeness (QED) is 0.146. The number of nitrogens with zero attached hydrogens (tertiary/aromatic N) is 1. The number of carbonyl (C=O) groups is 1. The van der Waals surface area contributed by atoms with E-state index in [1.807, 2.05) is 31.2 Å². The zero-order valence-corrected chi connectivity index (χ0v) is 21.1. The molecule has 0 aliphatic carbocycles. The van der Waals surface area contributed by atoms with Crippen molar-refractivity contribution in [1.82, 2.24) is 15.5 Å². The Morgan fingerprint density at radius 1 is 1.00 bits per heavy atom. The van der Waals surface area contributed by atoms with E-state index in [2.05, 4.69) is 63.7 Å². The molecule has 0 amide bonds. The lowest BCUT2D eigenvalue weighted by molar-refractivity contribution is -0.140. The summed E-state index contributed by atoms with van der Waals surface area (Å²) < 4.78 is 5.80. The Morgan fingerprint density at radius 3 is 2.23 bits per heavy atom. The standard InChI is InChI=1S/C26H47N3O2/c1-9-12-13-14-24(21(4)5)26(22(6)7)31-25(30)16-15-23(8)28-18-17-27-19-20-29(10-2)11-3/h9,12-14,21-22,27-28H,8,10-11,15-20H2,1-7H3/b12-9-,14-13-,26-24-. The van der Waals surface area contributed by atoms with Crippen LogP contribution in [0, 0.1) is 11.8 Å². The minimum atomic E-state index is -0.207. The average molecular weight is 434 g/mol. The number of likely N-dealkylation sites (N-methyl/N-ethyl adjacent to an activating group) is 1. The second-order valence-corrected chi connectivity index (χ2v) is 8.30. The number of carbonyl (C=O) groups excluding carboxylic acids is 1. The van der Waals surface area contributed by atoms with Crippen LogP contribution in [-0.2, 0) is 9.53 Å². The topological polar surface area (TPSA) is 53.6 Å². The van der Waals surface area contributed by atoms with Gasteiger partial charge in [-0.1, -0.05) is 72.4 Å². The van der Waals surface area contributed by atoms with Crippen LogP contribution in [-0.4, -0.2) is 50.1 Å². The summed E-state index contributed by atoms with van der Waals surface area (Å²) in [6.07, 6.45) is 8.90. The maximum atomic E-state index is 12.5. The summed E-state index contributed by atoms with van der Waals surface area (Å²) in [4.78, 5) is 14.9. The van der Waals surface area contributed by atoms with Crippen LogP contribution in [0.5, 0.6) is 0 Å². The summed E-state index contributed by atoms with van der Waals surface area (Å²) in [6.45, 7) is 24.6. The molecule has 0 bridgehead atoms. The van der Waals surface area contributed by atoms with Crippen molar-refractivity contribution in [2.75, 3.05) is 39.3 Å². The van der Waals surface area contributed by atoms with Gasteiger partial charge in [0.15, 0.2) is 0 Å². The van der Waals surface area contributed by atoms with Crippen molar-refractivity contribution >= 4 is 5.97 Å². The van der Waals surface area contributed by atoms with Crippen LogP contribution >= 0.6 is 0 Å². The molecule has 0 aromatic heterocycles. The Morgan fingerprint density at radius 2 is 1.68 bits per heavy atom. The van der Waals surface area contributed by atoms with Gasteiger partial charge in [0.2, 0.25) is 0 Å². The van der Waals surface area contributed by atoms with Gasteiger partial charge in [-0.3, -0.25) is 4.79 Å². The van der Waals surface area contributed by atoms with Gasteiger partial charge < -0.3 is 20.3 Å². The molecule has 0 atom stereocenters. The van der Waals surface area contributed by atoms with Gasteiger partial charge in [-0.05, 0) is 37.9 Å². The van der Waals surface area contributed by atoms with Gasteiger partial charge >= 0.3 is 5.97 Å². The lowest BCUT2D eigenvalue weighted by Crippen LogP contribution is -2.34. The maximum Gasteiger partial charge on any atom is 0.311 e. The molecule has 0 aliphatic heterocycles. The first-order chi connectivity index (χ1) is 14.8. The Balaban J connectivity index is 4.47. The third-order valence-corrected chi connectivity index (χ3v) is 5.04. The number of rotatable bonds is 17. The number of hydrogen-bond acceptors (Lipinski definition) is 5. The predicted octanol–water partition coefficient (Wildman–Crippen LogP) is 5.04. The minimum absolute atomic E-state index is 0.139. The fraction of sp³-hybridized carbons (Fsp3) is 0.654. The normalized spacial score (nSPS) is 13.0. The second kappa shape index (κ2) is 17.8. The molecule has 0 saturated heterocycles. The fourth-order valence-corrected chi connectivity index (χ4v) is 3.08. The lowest BCUT2D eigenvalue weighted by Gasteiger charge is -2.19. The molecule has 0 radical (unpaired) electrons. The van der Waals surface area contributed by atoms with Crippen LogP contribution in [0.25, 0.3) is 0 Å². The highest BCUT2D eigenvalue weighted by molar-refractivity contribution is 5.71. The highest BCUT2D eigenvalue weighted by atomic mass is 16.5. The van der Waals surface area contributed by atoms with Crippen LogP contribution < -0.4 is 10.6 Å². The Labute approximate surface area is 191 Å². The lowest BCUT2D eigenvalue weighted by atomic mass is 9.96. The molecule has 2 N–H and O–H groups in total. The first-order valence-corrected chi connectivity index (χ1v) is 11.8. The van der Waals surface area contributed by atoms with Crippen LogP contribution in [0.4, 0.5) is 0 Å². The number of esters is 1. The molecule has 0 spiro atoms. The third-order valence-electron chi connectivity index (χ3n) is 5.04. The maximum absolute atomic E-state index is 12.5. The number of allylic oxidation sites excluding steroid dienone is 7. The molecular formula is C26H47N3O2. The monoisotopic (exact) mass is 433 g/mol. The van der Waals surface area contributed by atoms with Gasteiger partial charge in [0.05, 0.1) is 6.42 Å². The highest BCUT2D eigenvalue weighted by Crippen LogP contribution is 2.24. The molecule has 0 aliphatic rings. The number of hydrogen-bond donors (Lipinski definition) is 2. The summed E-state index contributed by atoms with van der Waals surface area (Å²) in [6, 6.07) is 0. The van der Waals surface area contributed by atoms with Crippen LogP contribution in [0.1, 0.15) is 61.3 Å². The molecule has 5 nitrogen and oxygen atoms in total. The minimum Gasteiger partial charge on any atom is -0.430 e. The van der Waals surface area contributed by atoms with E-state index in [0.717, 1.165) is 56.3 Å². The van der Waals surface area contributed by atoms with Crippen molar-refractivity contribution < 1.29 is 9.53 Å². The Bertz CT molecular complexity index is 600. The summed E-state index contributed by atoms with van der Waals surface area (Å²) in [5, 5.41) is 6.73. The van der Waals surface area contributed by atoms with Crippen molar-refractivity contribution in [2.24, 2.45) is 11.8 Å². The zero-order valence-electron chi connectivity index (χ0n) is 21.1. The predicted molar refractivity (Wildman–Crippen MR) is 134 cm³/mol. The van der Waals surface area contributed by atoms with E-state index < -0.39 is 0 Å². The van der Waals surface area contributed by atoms with Crippen LogP contribution in [0.3, 0.4) is 0 Å². The van der Waals surface area contributed by atoms with E-state index in [0.29, 0.717) is 12.8 Å². The smallest absolute Gasteiger partial charge is 0.311 e. The second-order valence-electron chi connectivity index (χ2n) is 8.30. The highest BCUT2D eigenvalue weighted by Gasteiger charge is 2.17. The first kappa shape index (κ1) is 29.1. The average Bonchev–Trinajstić information content (AvgIpc) is 2.73. The molecular weight excluding hydrogens is 386 g/mol. The Kier molecular flexibility index (Phi) is 16.7. The summed E-state index contributed by atoms with van der Waals surface area (Å²) in [7, 11) is 0. The molecule has 0 fully saturated rings. The van der Waals surface area contributed by atoms with E-state index >= 15 is 0 Å². The molecule has 31 heavy (non-hydrogen) atoms. The van der Waals surface area contributed by atoms with E-state index in [9.17, 15) is 4.79 Å². The van der Waals surface area contributed by atoms with Gasteiger partial charge in [0.25, 0.3) is 0 Å². The van der Waals surface area contributed by atoms with Crippen LogP contribution in [0.2, 0.25) is 0 Å². The summed E-state index contributed by atoms with van der Waals surface area (Å²) in [5.41, 5.74) is 1.93. The van der Waals surface area contributed by atoms with Crippen molar-refractivity contribution in [3.63, 3.8) is 0 Å². The van der Waals surface area contributed by atoms with Gasteiger partial charge in [-0.15, -0.1) is 0 Å². The molecule has 0 heterocycles. The molecule has 178 valence electrons.